The lowest BCUT2D eigenvalue weighted by Crippen LogP contribution is -2.30. The molecule has 0 fully saturated rings. The first-order valence-electron chi connectivity index (χ1n) is 39.4. The number of hydrogen-bond donors (Lipinski definition) is 3. The summed E-state index contributed by atoms with van der Waals surface area (Å²) in [6, 6.07) is 0. The minimum absolute atomic E-state index is 0.0233. The summed E-state index contributed by atoms with van der Waals surface area (Å²) in [4.78, 5) is 73.0. The Balaban J connectivity index is 5.50. The van der Waals surface area contributed by atoms with Gasteiger partial charge in [-0.1, -0.05) is 288 Å². The number of aliphatic hydroxyl groups is 1. The molecule has 19 heteroatoms. The lowest BCUT2D eigenvalue weighted by atomic mass is 10.0. The highest BCUT2D eigenvalue weighted by molar-refractivity contribution is 7.47. The van der Waals surface area contributed by atoms with Gasteiger partial charge in [0.1, 0.15) is 19.3 Å². The molecule has 0 spiro atoms. The summed E-state index contributed by atoms with van der Waals surface area (Å²) in [5.74, 6) is -2.37. The van der Waals surface area contributed by atoms with Crippen LogP contribution in [-0.4, -0.2) is 96.7 Å². The highest BCUT2D eigenvalue weighted by atomic mass is 31.2. The fourth-order valence-corrected chi connectivity index (χ4v) is 11.4. The topological polar surface area (TPSA) is 237 Å². The molecule has 0 aliphatic carbocycles. The number of hydrogen-bond acceptors (Lipinski definition) is 15. The van der Waals surface area contributed by atoms with Gasteiger partial charge in [-0.3, -0.25) is 37.3 Å². The molecule has 0 aliphatic rings. The second kappa shape index (κ2) is 75.6. The van der Waals surface area contributed by atoms with E-state index in [0.717, 1.165) is 122 Å². The second-order valence-corrected chi connectivity index (χ2v) is 28.4. The zero-order valence-electron chi connectivity index (χ0n) is 64.4. The number of rotatable bonds is 72. The molecule has 104 heavy (non-hydrogen) atoms. The third-order valence-electron chi connectivity index (χ3n) is 15.7. The molecule has 0 aromatic heterocycles. The lowest BCUT2D eigenvalue weighted by molar-refractivity contribution is -0.161. The Bertz CT molecular complexity index is 2640. The largest absolute Gasteiger partial charge is 0.472 e. The average Bonchev–Trinajstić information content (AvgIpc) is 0.937. The van der Waals surface area contributed by atoms with Crippen LogP contribution < -0.4 is 0 Å². The van der Waals surface area contributed by atoms with Crippen LogP contribution in [0.5, 0.6) is 0 Å². The summed E-state index contributed by atoms with van der Waals surface area (Å²) >= 11 is 0. The summed E-state index contributed by atoms with van der Waals surface area (Å²) in [5, 5.41) is 10.6. The number of ether oxygens (including phenoxy) is 4. The lowest BCUT2D eigenvalue weighted by Gasteiger charge is -2.21. The van der Waals surface area contributed by atoms with Gasteiger partial charge in [-0.25, -0.2) is 9.13 Å². The Kier molecular flexibility index (Phi) is 71.6. The van der Waals surface area contributed by atoms with E-state index in [1.165, 1.54) is 64.2 Å². The van der Waals surface area contributed by atoms with Crippen molar-refractivity contribution in [1.29, 1.82) is 0 Å². The Labute approximate surface area is 629 Å². The Hall–Kier alpha value is -5.58. The van der Waals surface area contributed by atoms with Gasteiger partial charge in [0.25, 0.3) is 0 Å². The normalized spacial score (nSPS) is 14.8. The van der Waals surface area contributed by atoms with Gasteiger partial charge < -0.3 is 33.8 Å². The van der Waals surface area contributed by atoms with E-state index in [9.17, 15) is 43.2 Å². The Morgan fingerprint density at radius 2 is 0.510 bits per heavy atom. The number of carbonyl (C=O) groups is 4. The van der Waals surface area contributed by atoms with Gasteiger partial charge in [0.05, 0.1) is 26.4 Å². The molecule has 0 heterocycles. The van der Waals surface area contributed by atoms with Crippen LogP contribution in [0.2, 0.25) is 0 Å². The predicted molar refractivity (Wildman–Crippen MR) is 426 cm³/mol. The molecule has 0 bridgehead atoms. The first kappa shape index (κ1) is 98.4. The summed E-state index contributed by atoms with van der Waals surface area (Å²) in [7, 11) is -10.0. The maximum absolute atomic E-state index is 13.1. The van der Waals surface area contributed by atoms with E-state index in [1.807, 2.05) is 24.3 Å². The van der Waals surface area contributed by atoms with Crippen LogP contribution in [0.1, 0.15) is 285 Å². The molecule has 0 aromatic carbocycles. The van der Waals surface area contributed by atoms with Crippen LogP contribution in [0.3, 0.4) is 0 Å². The van der Waals surface area contributed by atoms with Gasteiger partial charge >= 0.3 is 39.5 Å². The van der Waals surface area contributed by atoms with E-state index < -0.39 is 97.5 Å². The molecular formula is C85H138O17P2. The third kappa shape index (κ3) is 74.7. The molecule has 3 N–H and O–H groups in total. The van der Waals surface area contributed by atoms with Crippen molar-refractivity contribution in [1.82, 2.24) is 0 Å². The van der Waals surface area contributed by atoms with E-state index in [2.05, 4.69) is 174 Å². The number of esters is 4. The van der Waals surface area contributed by atoms with Crippen LogP contribution in [-0.2, 0) is 65.4 Å². The molecule has 5 atom stereocenters. The van der Waals surface area contributed by atoms with Crippen LogP contribution in [0.15, 0.2) is 170 Å². The highest BCUT2D eigenvalue weighted by Crippen LogP contribution is 2.45. The van der Waals surface area contributed by atoms with Gasteiger partial charge in [-0.05, 0) is 141 Å². The minimum Gasteiger partial charge on any atom is -0.462 e. The molecular weight excluding hydrogens is 1350 g/mol. The smallest absolute Gasteiger partial charge is 0.462 e. The van der Waals surface area contributed by atoms with Crippen molar-refractivity contribution >= 4 is 39.5 Å². The van der Waals surface area contributed by atoms with Crippen LogP contribution in [0.25, 0.3) is 0 Å². The van der Waals surface area contributed by atoms with Crippen LogP contribution in [0, 0.1) is 0 Å². The third-order valence-corrected chi connectivity index (χ3v) is 17.6. The molecule has 0 saturated carbocycles. The quantitative estimate of drug-likeness (QED) is 0.0169. The maximum Gasteiger partial charge on any atom is 0.472 e. The number of unbranched alkanes of at least 4 members (excludes halogenated alkanes) is 18. The number of phosphoric ester groups is 2. The summed E-state index contributed by atoms with van der Waals surface area (Å²) in [6.45, 7) is 4.34. The molecule has 0 saturated heterocycles. The first-order valence-corrected chi connectivity index (χ1v) is 42.4. The molecule has 0 rings (SSSR count). The maximum atomic E-state index is 13.1. The van der Waals surface area contributed by atoms with Crippen molar-refractivity contribution in [3.05, 3.63) is 170 Å². The predicted octanol–water partition coefficient (Wildman–Crippen LogP) is 23.0. The van der Waals surface area contributed by atoms with Crippen molar-refractivity contribution in [2.45, 2.75) is 303 Å². The second-order valence-electron chi connectivity index (χ2n) is 25.5. The van der Waals surface area contributed by atoms with Gasteiger partial charge in [-0.15, -0.1) is 0 Å². The molecule has 590 valence electrons. The molecule has 17 nitrogen and oxygen atoms in total. The van der Waals surface area contributed by atoms with E-state index in [4.69, 9.17) is 37.0 Å². The van der Waals surface area contributed by atoms with Crippen molar-refractivity contribution in [2.24, 2.45) is 0 Å². The van der Waals surface area contributed by atoms with Gasteiger partial charge in [-0.2, -0.15) is 0 Å². The first-order chi connectivity index (χ1) is 50.7. The van der Waals surface area contributed by atoms with E-state index in [1.54, 1.807) is 0 Å². The molecule has 0 radical (unpaired) electrons. The van der Waals surface area contributed by atoms with Gasteiger partial charge in [0.2, 0.25) is 0 Å². The number of aliphatic hydroxyl groups excluding tert-OH is 1. The molecule has 0 aromatic rings. The summed E-state index contributed by atoms with van der Waals surface area (Å²) < 4.78 is 68.4. The summed E-state index contributed by atoms with van der Waals surface area (Å²) in [6.07, 6.45) is 89.3. The minimum atomic E-state index is -5.01. The SMILES string of the molecule is CC/C=C\C/C=C\C/C=C\C/C=C\C/C=C\CCCC(=O)OCC(COP(=O)(O)OCC(O)COP(=O)(O)OCC(COC(=O)CCC/C=C\C/C=C\C/C=C\C/C=C\C/C=C\CC)OC(=O)CCCCCCCCCCCCCCCCC)OC(=O)CCCC/C=C\C/C=C\C/C=C\C/C=C\CC. The highest BCUT2D eigenvalue weighted by Gasteiger charge is 2.30. The Morgan fingerprint density at radius 1 is 0.279 bits per heavy atom. The molecule has 0 amide bonds. The number of phosphoric acid groups is 2. The van der Waals surface area contributed by atoms with Crippen LogP contribution in [0.4, 0.5) is 0 Å². The average molecular weight is 1490 g/mol. The molecule has 0 aliphatic heterocycles. The Morgan fingerprint density at radius 3 is 0.798 bits per heavy atom. The number of carbonyl (C=O) groups excluding carboxylic acids is 4. The zero-order chi connectivity index (χ0) is 76.0. The van der Waals surface area contributed by atoms with Crippen molar-refractivity contribution < 1.29 is 80.2 Å². The standard InChI is InChI=1S/C85H138O17P2/c1-5-9-13-17-21-25-29-33-37-39-43-45-49-53-57-61-65-69-82(87)95-75-80(101-84(89)71-67-63-59-55-51-47-41-35-31-27-23-19-15-11-7-3)77-99-103(91,92)97-73-79(86)74-98-104(93,94)100-78-81(102-85(90)72-68-64-60-56-52-48-42-36-32-28-24-20-16-12-8-4)76-96-83(88)70-66-62-58-54-50-46-44-40-38-34-30-26-22-18-14-10-6-2/h9-11,13-15,21-23,25-27,33-35,37-38,41,43-46,51,53-55,57-58,79-81,86H,5-8,12,16-20,24,28-32,36,39-40,42,47-50,52,56,59-78H2,1-4H3,(H,91,92)(H,93,94)/b13-9-,14-10-,15-11-,25-21-,26-22-,27-23-,37-33-,38-34-,41-35-,45-43-,46-44-,55-51-,57-53-,58-54-. The van der Waals surface area contributed by atoms with E-state index in [0.29, 0.717) is 44.9 Å². The number of allylic oxidation sites excluding steroid dienone is 28. The van der Waals surface area contributed by atoms with Crippen molar-refractivity contribution in [3.8, 4) is 0 Å². The molecule has 5 unspecified atom stereocenters. The van der Waals surface area contributed by atoms with Crippen molar-refractivity contribution in [2.75, 3.05) is 39.6 Å². The van der Waals surface area contributed by atoms with Gasteiger partial charge in [0.15, 0.2) is 12.2 Å². The fourth-order valence-electron chi connectivity index (χ4n) is 9.81. The van der Waals surface area contributed by atoms with E-state index in [-0.39, 0.29) is 25.7 Å². The monoisotopic (exact) mass is 1490 g/mol. The van der Waals surface area contributed by atoms with Crippen LogP contribution >= 0.6 is 15.6 Å². The van der Waals surface area contributed by atoms with E-state index >= 15 is 0 Å². The summed E-state index contributed by atoms with van der Waals surface area (Å²) in [5.41, 5.74) is 0. The fraction of sp³-hybridized carbons (Fsp3) is 0.624. The van der Waals surface area contributed by atoms with Crippen molar-refractivity contribution in [3.63, 3.8) is 0 Å². The zero-order valence-corrected chi connectivity index (χ0v) is 66.2. The van der Waals surface area contributed by atoms with Gasteiger partial charge in [0, 0.05) is 25.7 Å².